The highest BCUT2D eigenvalue weighted by molar-refractivity contribution is 5.75. The van der Waals surface area contributed by atoms with E-state index in [0.29, 0.717) is 6.54 Å². The van der Waals surface area contributed by atoms with Crippen molar-refractivity contribution in [3.05, 3.63) is 60.2 Å². The molecule has 0 radical (unpaired) electrons. The molecule has 1 saturated heterocycles. The third kappa shape index (κ3) is 2.13. The highest BCUT2D eigenvalue weighted by Crippen LogP contribution is 2.54. The Balaban J connectivity index is 1.91. The quantitative estimate of drug-likeness (QED) is 0.846. The van der Waals surface area contributed by atoms with Crippen LogP contribution in [0, 0.1) is 0 Å². The van der Waals surface area contributed by atoms with Gasteiger partial charge in [-0.3, -0.25) is 4.90 Å². The van der Waals surface area contributed by atoms with E-state index in [-0.39, 0.29) is 17.8 Å². The average Bonchev–Trinajstić information content (AvgIpc) is 3.19. The smallest absolute Gasteiger partial charge is 0.411 e. The van der Waals surface area contributed by atoms with Crippen LogP contribution in [0.15, 0.2) is 54.6 Å². The third-order valence-corrected chi connectivity index (χ3v) is 5.85. The lowest BCUT2D eigenvalue weighted by Crippen LogP contribution is -2.58. The standard InChI is InChI=1S/C21H25N3O2/c1-4-24(16-10-6-5-7-11-16)21-14-15-23(20(25)26-3)19(21)22(2)18-13-9-8-12-17(18)21/h5-13,19H,4,14-15H2,1-3H3. The molecule has 5 heteroatoms. The Kier molecular flexibility index (Phi) is 4.02. The van der Waals surface area contributed by atoms with E-state index in [1.54, 1.807) is 0 Å². The van der Waals surface area contributed by atoms with Crippen molar-refractivity contribution in [2.45, 2.75) is 25.0 Å². The Bertz CT molecular complexity index is 810. The summed E-state index contributed by atoms with van der Waals surface area (Å²) < 4.78 is 5.10. The van der Waals surface area contributed by atoms with Crippen LogP contribution in [0.1, 0.15) is 18.9 Å². The highest BCUT2D eigenvalue weighted by Gasteiger charge is 2.60. The molecule has 0 aliphatic carbocycles. The second-order valence-corrected chi connectivity index (χ2v) is 6.92. The number of anilines is 2. The molecule has 26 heavy (non-hydrogen) atoms. The fourth-order valence-electron chi connectivity index (χ4n) is 4.91. The molecule has 2 aliphatic heterocycles. The van der Waals surface area contributed by atoms with Crippen molar-refractivity contribution in [1.29, 1.82) is 0 Å². The molecular weight excluding hydrogens is 326 g/mol. The Morgan fingerprint density at radius 3 is 2.58 bits per heavy atom. The highest BCUT2D eigenvalue weighted by atomic mass is 16.5. The number of ether oxygens (including phenoxy) is 1. The van der Waals surface area contributed by atoms with E-state index >= 15 is 0 Å². The summed E-state index contributed by atoms with van der Waals surface area (Å²) in [6.07, 6.45) is 0.518. The Morgan fingerprint density at radius 1 is 1.19 bits per heavy atom. The number of rotatable bonds is 3. The molecule has 2 aromatic carbocycles. The minimum Gasteiger partial charge on any atom is -0.453 e. The first-order valence-corrected chi connectivity index (χ1v) is 9.14. The normalized spacial score (nSPS) is 23.6. The Morgan fingerprint density at radius 2 is 1.88 bits per heavy atom. The molecule has 136 valence electrons. The number of amides is 1. The number of benzene rings is 2. The molecule has 2 atom stereocenters. The zero-order chi connectivity index (χ0) is 18.3. The number of nitrogens with zero attached hydrogens (tertiary/aromatic N) is 3. The van der Waals surface area contributed by atoms with Gasteiger partial charge in [-0.15, -0.1) is 0 Å². The fraction of sp³-hybridized carbons (Fsp3) is 0.381. The molecule has 2 aliphatic rings. The predicted molar refractivity (Wildman–Crippen MR) is 104 cm³/mol. The van der Waals surface area contributed by atoms with Crippen molar-refractivity contribution in [2.75, 3.05) is 37.0 Å². The molecule has 0 saturated carbocycles. The molecule has 1 amide bonds. The van der Waals surface area contributed by atoms with Gasteiger partial charge in [0, 0.05) is 37.1 Å². The minimum absolute atomic E-state index is 0.0903. The maximum atomic E-state index is 12.5. The van der Waals surface area contributed by atoms with Crippen molar-refractivity contribution in [2.24, 2.45) is 0 Å². The van der Waals surface area contributed by atoms with Crippen LogP contribution in [0.25, 0.3) is 0 Å². The summed E-state index contributed by atoms with van der Waals surface area (Å²) >= 11 is 0. The minimum atomic E-state index is -0.282. The van der Waals surface area contributed by atoms with Crippen LogP contribution < -0.4 is 9.80 Å². The van der Waals surface area contributed by atoms with Gasteiger partial charge in [0.15, 0.2) is 0 Å². The van der Waals surface area contributed by atoms with Crippen LogP contribution in [-0.2, 0) is 10.3 Å². The number of para-hydroxylation sites is 2. The maximum absolute atomic E-state index is 12.5. The predicted octanol–water partition coefficient (Wildman–Crippen LogP) is 3.66. The van der Waals surface area contributed by atoms with E-state index < -0.39 is 0 Å². The lowest BCUT2D eigenvalue weighted by molar-refractivity contribution is 0.112. The molecule has 2 heterocycles. The number of hydrogen-bond acceptors (Lipinski definition) is 4. The molecular formula is C21H25N3O2. The maximum Gasteiger partial charge on any atom is 0.411 e. The van der Waals surface area contributed by atoms with E-state index in [1.807, 2.05) is 11.0 Å². The van der Waals surface area contributed by atoms with Gasteiger partial charge in [-0.1, -0.05) is 36.4 Å². The van der Waals surface area contributed by atoms with Gasteiger partial charge < -0.3 is 14.5 Å². The van der Waals surface area contributed by atoms with Gasteiger partial charge in [0.1, 0.15) is 11.7 Å². The summed E-state index contributed by atoms with van der Waals surface area (Å²) in [4.78, 5) is 19.0. The van der Waals surface area contributed by atoms with Crippen LogP contribution in [0.3, 0.4) is 0 Å². The molecule has 2 unspecified atom stereocenters. The van der Waals surface area contributed by atoms with Gasteiger partial charge in [0.2, 0.25) is 0 Å². The number of likely N-dealkylation sites (tertiary alicyclic amines) is 1. The van der Waals surface area contributed by atoms with Gasteiger partial charge in [0.05, 0.1) is 7.11 Å². The lowest BCUT2D eigenvalue weighted by Gasteiger charge is -2.44. The summed E-state index contributed by atoms with van der Waals surface area (Å²) in [5.74, 6) is 0. The molecule has 1 fully saturated rings. The van der Waals surface area contributed by atoms with Crippen LogP contribution in [0.2, 0.25) is 0 Å². The topological polar surface area (TPSA) is 36.0 Å². The van der Waals surface area contributed by atoms with Crippen molar-refractivity contribution in [3.63, 3.8) is 0 Å². The lowest BCUT2D eigenvalue weighted by atomic mass is 9.86. The zero-order valence-corrected chi connectivity index (χ0v) is 15.6. The third-order valence-electron chi connectivity index (χ3n) is 5.85. The Labute approximate surface area is 154 Å². The summed E-state index contributed by atoms with van der Waals surface area (Å²) in [6.45, 7) is 3.72. The largest absolute Gasteiger partial charge is 0.453 e. The molecule has 4 rings (SSSR count). The number of fused-ring (bicyclic) bond motifs is 3. The summed E-state index contributed by atoms with van der Waals surface area (Å²) in [5.41, 5.74) is 3.36. The van der Waals surface area contributed by atoms with Crippen LogP contribution in [0.5, 0.6) is 0 Å². The van der Waals surface area contributed by atoms with Gasteiger partial charge in [-0.2, -0.15) is 0 Å². The second kappa shape index (κ2) is 6.24. The number of likely N-dealkylation sites (N-methyl/N-ethyl adjacent to an activating group) is 2. The number of carbonyl (C=O) groups excluding carboxylic acids is 1. The molecule has 0 spiro atoms. The van der Waals surface area contributed by atoms with Crippen molar-refractivity contribution in [1.82, 2.24) is 4.90 Å². The summed E-state index contributed by atoms with van der Waals surface area (Å²) in [5, 5.41) is 0. The molecule has 0 aromatic heterocycles. The first-order valence-electron chi connectivity index (χ1n) is 9.14. The van der Waals surface area contributed by atoms with E-state index in [0.717, 1.165) is 13.0 Å². The average molecular weight is 351 g/mol. The van der Waals surface area contributed by atoms with Gasteiger partial charge in [-0.25, -0.2) is 4.79 Å². The molecule has 0 bridgehead atoms. The first kappa shape index (κ1) is 16.8. The number of carbonyl (C=O) groups is 1. The van der Waals surface area contributed by atoms with Crippen molar-refractivity contribution >= 4 is 17.5 Å². The molecule has 0 N–H and O–H groups in total. The van der Waals surface area contributed by atoms with Crippen molar-refractivity contribution in [3.8, 4) is 0 Å². The Hall–Kier alpha value is -2.69. The second-order valence-electron chi connectivity index (χ2n) is 6.92. The van der Waals surface area contributed by atoms with E-state index in [4.69, 9.17) is 4.74 Å². The number of hydrogen-bond donors (Lipinski definition) is 0. The van der Waals surface area contributed by atoms with Crippen molar-refractivity contribution < 1.29 is 9.53 Å². The van der Waals surface area contributed by atoms with Gasteiger partial charge in [0.25, 0.3) is 0 Å². The first-order chi connectivity index (χ1) is 12.6. The van der Waals surface area contributed by atoms with Crippen LogP contribution in [0.4, 0.5) is 16.2 Å². The summed E-state index contributed by atoms with van der Waals surface area (Å²) in [6, 6.07) is 19.0. The van der Waals surface area contributed by atoms with E-state index in [2.05, 4.69) is 72.3 Å². The molecule has 5 nitrogen and oxygen atoms in total. The summed E-state index contributed by atoms with van der Waals surface area (Å²) in [7, 11) is 3.53. The fourth-order valence-corrected chi connectivity index (χ4v) is 4.91. The SMILES string of the molecule is CCN(c1ccccc1)C12CCN(C(=O)OC)C1N(C)c1ccccc12. The monoisotopic (exact) mass is 351 g/mol. The number of methoxy groups -OCH3 is 1. The van der Waals surface area contributed by atoms with Gasteiger partial charge in [-0.05, 0) is 31.5 Å². The van der Waals surface area contributed by atoms with E-state index in [9.17, 15) is 4.79 Å². The van der Waals surface area contributed by atoms with Gasteiger partial charge >= 0.3 is 6.09 Å². The van der Waals surface area contributed by atoms with E-state index in [1.165, 1.54) is 24.0 Å². The van der Waals surface area contributed by atoms with Crippen LogP contribution in [-0.4, -0.2) is 44.4 Å². The zero-order valence-electron chi connectivity index (χ0n) is 15.6. The molecule has 2 aromatic rings. The van der Waals surface area contributed by atoms with Crippen LogP contribution >= 0.6 is 0 Å².